The predicted molar refractivity (Wildman–Crippen MR) is 163 cm³/mol. The van der Waals surface area contributed by atoms with Gasteiger partial charge in [-0.3, -0.25) is 4.79 Å². The van der Waals surface area contributed by atoms with Gasteiger partial charge in [0.2, 0.25) is 0 Å². The largest absolute Gasteiger partial charge is 0.444 e. The van der Waals surface area contributed by atoms with Gasteiger partial charge in [-0.25, -0.2) is 14.2 Å². The SMILES string of the molecule is CC(C)c1c(-c2cc(Cl)c(=O)n(C)c2)n(C(=O)OC(C)(C)C)c2ccc(C3CCN(C(=O)OC(C)(C)C)CC3)cc12. The van der Waals surface area contributed by atoms with Crippen LogP contribution in [0.15, 0.2) is 35.3 Å². The Morgan fingerprint density at radius 1 is 0.951 bits per heavy atom. The van der Waals surface area contributed by atoms with Crippen LogP contribution in [0, 0.1) is 0 Å². The van der Waals surface area contributed by atoms with Gasteiger partial charge in [0, 0.05) is 37.3 Å². The van der Waals surface area contributed by atoms with Crippen molar-refractivity contribution in [2.45, 2.75) is 91.3 Å². The second-order valence-corrected chi connectivity index (χ2v) is 13.7. The summed E-state index contributed by atoms with van der Waals surface area (Å²) in [6.45, 7) is 16.6. The number of rotatable bonds is 3. The van der Waals surface area contributed by atoms with Crippen LogP contribution >= 0.6 is 11.6 Å². The number of hydrogen-bond donors (Lipinski definition) is 0. The highest BCUT2D eigenvalue weighted by molar-refractivity contribution is 6.30. The first kappa shape index (κ1) is 30.7. The van der Waals surface area contributed by atoms with Gasteiger partial charge in [-0.15, -0.1) is 0 Å². The van der Waals surface area contributed by atoms with Gasteiger partial charge >= 0.3 is 12.2 Å². The number of hydrogen-bond acceptors (Lipinski definition) is 5. The molecule has 1 fully saturated rings. The van der Waals surface area contributed by atoms with E-state index in [0.29, 0.717) is 24.3 Å². The van der Waals surface area contributed by atoms with Crippen LogP contribution in [0.25, 0.3) is 22.2 Å². The van der Waals surface area contributed by atoms with Crippen molar-refractivity contribution in [3.63, 3.8) is 0 Å². The van der Waals surface area contributed by atoms with Crippen LogP contribution in [0.2, 0.25) is 5.02 Å². The lowest BCUT2D eigenvalue weighted by molar-refractivity contribution is 0.0204. The van der Waals surface area contributed by atoms with Gasteiger partial charge in [-0.1, -0.05) is 31.5 Å². The number of ether oxygens (including phenoxy) is 2. The lowest BCUT2D eigenvalue weighted by Gasteiger charge is -2.33. The summed E-state index contributed by atoms with van der Waals surface area (Å²) in [6, 6.07) is 7.84. The number of aryl methyl sites for hydroxylation is 1. The van der Waals surface area contributed by atoms with E-state index in [-0.39, 0.29) is 28.5 Å². The number of nitrogens with zero attached hydrogens (tertiary/aromatic N) is 3. The third kappa shape index (κ3) is 6.64. The van der Waals surface area contributed by atoms with Crippen LogP contribution in [-0.2, 0) is 16.5 Å². The van der Waals surface area contributed by atoms with E-state index in [2.05, 4.69) is 26.0 Å². The lowest BCUT2D eigenvalue weighted by atomic mass is 9.87. The Kier molecular flexibility index (Phi) is 8.38. The first-order valence-electron chi connectivity index (χ1n) is 14.2. The van der Waals surface area contributed by atoms with Gasteiger partial charge in [0.15, 0.2) is 0 Å². The highest BCUT2D eigenvalue weighted by Gasteiger charge is 2.31. The highest BCUT2D eigenvalue weighted by atomic mass is 35.5. The molecule has 9 heteroatoms. The molecule has 41 heavy (non-hydrogen) atoms. The molecule has 1 amide bonds. The molecule has 2 aromatic heterocycles. The molecule has 0 radical (unpaired) electrons. The van der Waals surface area contributed by atoms with E-state index in [4.69, 9.17) is 21.1 Å². The van der Waals surface area contributed by atoms with Crippen LogP contribution in [0.3, 0.4) is 0 Å². The van der Waals surface area contributed by atoms with Crippen molar-refractivity contribution in [3.8, 4) is 11.3 Å². The molecular formula is C32H42ClN3O5. The zero-order valence-corrected chi connectivity index (χ0v) is 26.4. The van der Waals surface area contributed by atoms with E-state index < -0.39 is 17.3 Å². The Bertz CT molecular complexity index is 1500. The molecule has 8 nitrogen and oxygen atoms in total. The summed E-state index contributed by atoms with van der Waals surface area (Å²) in [6.07, 6.45) is 2.58. The van der Waals surface area contributed by atoms with Gasteiger partial charge in [-0.2, -0.15) is 0 Å². The predicted octanol–water partition coefficient (Wildman–Crippen LogP) is 7.68. The Morgan fingerprint density at radius 3 is 2.07 bits per heavy atom. The molecule has 0 atom stereocenters. The molecule has 1 saturated heterocycles. The lowest BCUT2D eigenvalue weighted by Crippen LogP contribution is -2.41. The summed E-state index contributed by atoms with van der Waals surface area (Å²) < 4.78 is 14.5. The minimum atomic E-state index is -0.702. The maximum absolute atomic E-state index is 13.7. The Balaban J connectivity index is 1.82. The topological polar surface area (TPSA) is 82.8 Å². The number of carbonyl (C=O) groups is 2. The van der Waals surface area contributed by atoms with Gasteiger partial charge in [0.05, 0.1) is 11.2 Å². The molecular weight excluding hydrogens is 542 g/mol. The molecule has 1 aliphatic heterocycles. The monoisotopic (exact) mass is 583 g/mol. The minimum Gasteiger partial charge on any atom is -0.444 e. The average Bonchev–Trinajstić information content (AvgIpc) is 3.20. The molecule has 3 heterocycles. The summed E-state index contributed by atoms with van der Waals surface area (Å²) in [5.41, 5.74) is 2.67. The quantitative estimate of drug-likeness (QED) is 0.316. The molecule has 4 rings (SSSR count). The van der Waals surface area contributed by atoms with Crippen molar-refractivity contribution in [1.29, 1.82) is 0 Å². The number of likely N-dealkylation sites (tertiary alicyclic amines) is 1. The molecule has 1 aliphatic rings. The van der Waals surface area contributed by atoms with Gasteiger partial charge < -0.3 is 18.9 Å². The first-order valence-corrected chi connectivity index (χ1v) is 14.6. The first-order chi connectivity index (χ1) is 19.0. The second kappa shape index (κ2) is 11.2. The zero-order valence-electron chi connectivity index (χ0n) is 25.6. The van der Waals surface area contributed by atoms with Crippen molar-refractivity contribution in [2.24, 2.45) is 7.05 Å². The number of piperidine rings is 1. The fraction of sp³-hybridized carbons (Fsp3) is 0.531. The summed E-state index contributed by atoms with van der Waals surface area (Å²) >= 11 is 6.34. The smallest absolute Gasteiger partial charge is 0.419 e. The number of pyridine rings is 1. The minimum absolute atomic E-state index is 0.0523. The highest BCUT2D eigenvalue weighted by Crippen LogP contribution is 2.41. The molecule has 222 valence electrons. The van der Waals surface area contributed by atoms with Crippen LogP contribution < -0.4 is 5.56 Å². The molecule has 0 aliphatic carbocycles. The van der Waals surface area contributed by atoms with Crippen molar-refractivity contribution in [1.82, 2.24) is 14.0 Å². The zero-order chi connectivity index (χ0) is 30.4. The summed E-state index contributed by atoms with van der Waals surface area (Å²) in [4.78, 5) is 40.5. The standard InChI is InChI=1S/C32H42ClN3O5/c1-19(2)26-23-16-21(20-12-14-35(15-13-20)29(38)40-31(3,4)5)10-11-25(23)36(30(39)41-32(6,7)8)27(26)22-17-24(33)28(37)34(9)18-22/h10-11,16-20H,12-15H2,1-9H3. The molecule has 0 unspecified atom stereocenters. The molecule has 0 bridgehead atoms. The molecule has 0 spiro atoms. The van der Waals surface area contributed by atoms with E-state index in [1.165, 1.54) is 4.57 Å². The molecule has 3 aromatic rings. The van der Waals surface area contributed by atoms with Crippen LogP contribution in [-0.4, -0.2) is 50.5 Å². The molecule has 0 saturated carbocycles. The van der Waals surface area contributed by atoms with Crippen molar-refractivity contribution in [2.75, 3.05) is 13.1 Å². The van der Waals surface area contributed by atoms with E-state index >= 15 is 0 Å². The Morgan fingerprint density at radius 2 is 1.54 bits per heavy atom. The van der Waals surface area contributed by atoms with Crippen molar-refractivity contribution < 1.29 is 19.1 Å². The van der Waals surface area contributed by atoms with Gasteiger partial charge in [0.25, 0.3) is 5.56 Å². The van der Waals surface area contributed by atoms with Crippen LogP contribution in [0.4, 0.5) is 9.59 Å². The molecule has 0 N–H and O–H groups in total. The van der Waals surface area contributed by atoms with Gasteiger partial charge in [-0.05, 0) is 95.5 Å². The number of amides is 1. The number of fused-ring (bicyclic) bond motifs is 1. The fourth-order valence-electron chi connectivity index (χ4n) is 5.48. The van der Waals surface area contributed by atoms with E-state index in [0.717, 1.165) is 34.9 Å². The average molecular weight is 584 g/mol. The van der Waals surface area contributed by atoms with E-state index in [1.54, 1.807) is 28.8 Å². The van der Waals surface area contributed by atoms with Crippen LogP contribution in [0.5, 0.6) is 0 Å². The third-order valence-electron chi connectivity index (χ3n) is 7.21. The Hall–Kier alpha value is -3.26. The maximum Gasteiger partial charge on any atom is 0.419 e. The second-order valence-electron chi connectivity index (χ2n) is 13.2. The third-order valence-corrected chi connectivity index (χ3v) is 7.49. The number of carbonyl (C=O) groups excluding carboxylic acids is 2. The number of benzene rings is 1. The number of halogens is 1. The Labute approximate surface area is 247 Å². The van der Waals surface area contributed by atoms with Crippen LogP contribution in [0.1, 0.15) is 91.2 Å². The summed E-state index contributed by atoms with van der Waals surface area (Å²) in [7, 11) is 1.65. The summed E-state index contributed by atoms with van der Waals surface area (Å²) in [5.74, 6) is 0.315. The van der Waals surface area contributed by atoms with Crippen molar-refractivity contribution in [3.05, 3.63) is 57.0 Å². The van der Waals surface area contributed by atoms with E-state index in [9.17, 15) is 14.4 Å². The van der Waals surface area contributed by atoms with Crippen molar-refractivity contribution >= 4 is 34.7 Å². The normalized spacial score (nSPS) is 15.0. The van der Waals surface area contributed by atoms with E-state index in [1.807, 2.05) is 47.6 Å². The molecule has 1 aromatic carbocycles. The summed E-state index contributed by atoms with van der Waals surface area (Å²) in [5, 5.41) is 1.04. The number of aromatic nitrogens is 2. The maximum atomic E-state index is 13.7. The van der Waals surface area contributed by atoms with Gasteiger partial charge in [0.1, 0.15) is 16.2 Å². The fourth-order valence-corrected chi connectivity index (χ4v) is 5.73.